The highest BCUT2D eigenvalue weighted by Gasteiger charge is 2.12. The molecule has 31 heavy (non-hydrogen) atoms. The summed E-state index contributed by atoms with van der Waals surface area (Å²) in [6, 6.07) is 17.6. The number of aromatic hydroxyl groups is 1. The van der Waals surface area contributed by atoms with Gasteiger partial charge in [-0.15, -0.1) is 0 Å². The molecular formula is C23H19I2N3O3. The van der Waals surface area contributed by atoms with Crippen LogP contribution >= 0.6 is 45.2 Å². The van der Waals surface area contributed by atoms with Crippen molar-refractivity contribution in [3.05, 3.63) is 67.3 Å². The molecule has 0 saturated heterocycles. The first-order chi connectivity index (χ1) is 15.0. The van der Waals surface area contributed by atoms with Crippen LogP contribution in [0, 0.1) is 7.14 Å². The number of ether oxygens (including phenoxy) is 1. The summed E-state index contributed by atoms with van der Waals surface area (Å²) in [6.07, 6.45) is 1.82. The van der Waals surface area contributed by atoms with Gasteiger partial charge in [0.25, 0.3) is 0 Å². The van der Waals surface area contributed by atoms with E-state index in [1.807, 2.05) is 0 Å². The summed E-state index contributed by atoms with van der Waals surface area (Å²) in [6.45, 7) is 0.551. The highest BCUT2D eigenvalue weighted by atomic mass is 127. The minimum Gasteiger partial charge on any atom is -0.504 e. The summed E-state index contributed by atoms with van der Waals surface area (Å²) in [5, 5.41) is 16.1. The molecule has 158 valence electrons. The van der Waals surface area contributed by atoms with Crippen LogP contribution in [0.25, 0.3) is 21.8 Å². The first kappa shape index (κ1) is 21.9. The lowest BCUT2D eigenvalue weighted by molar-refractivity contribution is -0.121. The average Bonchev–Trinajstić information content (AvgIpc) is 3.05. The number of fused-ring (bicyclic) bond motifs is 3. The molecule has 1 aromatic heterocycles. The van der Waals surface area contributed by atoms with Gasteiger partial charge < -0.3 is 14.4 Å². The molecule has 8 heteroatoms. The third-order valence-corrected chi connectivity index (χ3v) is 6.30. The second-order valence-electron chi connectivity index (χ2n) is 6.95. The molecule has 0 aliphatic carbocycles. The largest absolute Gasteiger partial charge is 0.504 e. The predicted molar refractivity (Wildman–Crippen MR) is 140 cm³/mol. The second kappa shape index (κ2) is 9.43. The topological polar surface area (TPSA) is 75.8 Å². The van der Waals surface area contributed by atoms with E-state index in [0.29, 0.717) is 24.3 Å². The quantitative estimate of drug-likeness (QED) is 0.172. The van der Waals surface area contributed by atoms with Gasteiger partial charge in [0.2, 0.25) is 5.91 Å². The molecule has 6 nitrogen and oxygen atoms in total. The summed E-state index contributed by atoms with van der Waals surface area (Å²) >= 11 is 4.65. The molecule has 0 unspecified atom stereocenters. The van der Waals surface area contributed by atoms with E-state index in [-0.39, 0.29) is 11.7 Å². The zero-order valence-electron chi connectivity index (χ0n) is 16.6. The van der Waals surface area contributed by atoms with Gasteiger partial charge in [0.1, 0.15) is 0 Å². The smallest absolute Gasteiger partial charge is 0.241 e. The van der Waals surface area contributed by atoms with Crippen LogP contribution in [0.3, 0.4) is 0 Å². The maximum absolute atomic E-state index is 12.4. The fourth-order valence-corrected chi connectivity index (χ4v) is 4.49. The molecule has 2 N–H and O–H groups in total. The number of aryl methyl sites for hydroxylation is 1. The van der Waals surface area contributed by atoms with E-state index in [4.69, 9.17) is 4.74 Å². The van der Waals surface area contributed by atoms with Gasteiger partial charge in [-0.2, -0.15) is 5.10 Å². The second-order valence-corrected chi connectivity index (χ2v) is 9.44. The van der Waals surface area contributed by atoms with Crippen molar-refractivity contribution in [2.75, 3.05) is 7.11 Å². The van der Waals surface area contributed by atoms with E-state index in [1.54, 1.807) is 12.1 Å². The van der Waals surface area contributed by atoms with Crippen LogP contribution < -0.4 is 10.2 Å². The summed E-state index contributed by atoms with van der Waals surface area (Å²) < 4.78 is 9.62. The van der Waals surface area contributed by atoms with Crippen molar-refractivity contribution in [3.63, 3.8) is 0 Å². The summed E-state index contributed by atoms with van der Waals surface area (Å²) in [5.41, 5.74) is 5.51. The first-order valence-electron chi connectivity index (χ1n) is 9.52. The number of hydrazone groups is 1. The van der Waals surface area contributed by atoms with Crippen LogP contribution in [0.4, 0.5) is 0 Å². The molecule has 3 aromatic carbocycles. The Morgan fingerprint density at radius 2 is 1.71 bits per heavy atom. The minimum atomic E-state index is -0.173. The molecule has 1 heterocycles. The van der Waals surface area contributed by atoms with Gasteiger partial charge >= 0.3 is 0 Å². The number of phenols is 1. The van der Waals surface area contributed by atoms with Gasteiger partial charge in [0.15, 0.2) is 11.5 Å². The molecule has 0 atom stereocenters. The number of methoxy groups -OCH3 is 1. The number of nitrogens with one attached hydrogen (secondary N) is 1. The molecular weight excluding hydrogens is 620 g/mol. The lowest BCUT2D eigenvalue weighted by atomic mass is 10.2. The van der Waals surface area contributed by atoms with E-state index >= 15 is 0 Å². The Kier molecular flexibility index (Phi) is 6.65. The van der Waals surface area contributed by atoms with Gasteiger partial charge in [-0.1, -0.05) is 0 Å². The van der Waals surface area contributed by atoms with Gasteiger partial charge in [0.05, 0.1) is 13.3 Å². The van der Waals surface area contributed by atoms with Crippen LogP contribution in [-0.2, 0) is 11.3 Å². The number of halogens is 2. The van der Waals surface area contributed by atoms with E-state index in [1.165, 1.54) is 37.3 Å². The normalized spacial score (nSPS) is 11.5. The molecule has 0 spiro atoms. The first-order valence-corrected chi connectivity index (χ1v) is 11.7. The van der Waals surface area contributed by atoms with Crippen molar-refractivity contribution in [2.45, 2.75) is 13.0 Å². The molecule has 1 amide bonds. The molecule has 0 bridgehead atoms. The van der Waals surface area contributed by atoms with E-state index in [9.17, 15) is 9.90 Å². The van der Waals surface area contributed by atoms with Gasteiger partial charge in [-0.05, 0) is 105 Å². The van der Waals surface area contributed by atoms with E-state index in [0.717, 1.165) is 11.0 Å². The van der Waals surface area contributed by atoms with Crippen LogP contribution in [0.15, 0.2) is 59.7 Å². The van der Waals surface area contributed by atoms with E-state index < -0.39 is 0 Å². The molecule has 4 aromatic rings. The van der Waals surface area contributed by atoms with Crippen LogP contribution in [0.2, 0.25) is 0 Å². The molecule has 0 saturated carbocycles. The number of carbonyl (C=O) groups excluding carboxylic acids is 1. The zero-order valence-corrected chi connectivity index (χ0v) is 20.9. The van der Waals surface area contributed by atoms with Crippen molar-refractivity contribution in [3.8, 4) is 11.5 Å². The van der Waals surface area contributed by atoms with Gasteiger partial charge in [-0.25, -0.2) is 5.43 Å². The highest BCUT2D eigenvalue weighted by molar-refractivity contribution is 14.1. The van der Waals surface area contributed by atoms with Crippen molar-refractivity contribution < 1.29 is 14.6 Å². The number of amides is 1. The Morgan fingerprint density at radius 1 is 1.06 bits per heavy atom. The third-order valence-electron chi connectivity index (χ3n) is 4.96. The lowest BCUT2D eigenvalue weighted by Gasteiger charge is -2.07. The Balaban J connectivity index is 1.49. The maximum atomic E-state index is 12.4. The fourth-order valence-electron chi connectivity index (χ4n) is 3.51. The van der Waals surface area contributed by atoms with Crippen LogP contribution in [0.5, 0.6) is 11.5 Å². The summed E-state index contributed by atoms with van der Waals surface area (Å²) in [4.78, 5) is 12.4. The maximum Gasteiger partial charge on any atom is 0.241 e. The molecule has 0 aliphatic rings. The number of carbonyl (C=O) groups is 1. The number of hydrogen-bond donors (Lipinski definition) is 2. The number of aromatic nitrogens is 1. The van der Waals surface area contributed by atoms with Crippen molar-refractivity contribution in [1.82, 2.24) is 9.99 Å². The fraction of sp³-hybridized carbons (Fsp3) is 0.130. The molecule has 0 fully saturated rings. The monoisotopic (exact) mass is 639 g/mol. The zero-order chi connectivity index (χ0) is 22.0. The standard InChI is InChI=1S/C23H19I2N3O3/c1-31-22-10-14(2-7-21(22)29)13-26-27-23(30)8-9-28-19-5-3-15(24)11-17(19)18-12-16(25)4-6-20(18)28/h2-7,10-13,29H,8-9H2,1H3,(H,27,30)/b26-13-. The summed E-state index contributed by atoms with van der Waals surface area (Å²) in [5.74, 6) is 0.234. The number of hydrogen-bond acceptors (Lipinski definition) is 4. The Labute approximate surface area is 206 Å². The third kappa shape index (κ3) is 4.79. The Bertz CT molecular complexity index is 1260. The summed E-state index contributed by atoms with van der Waals surface area (Å²) in [7, 11) is 1.48. The van der Waals surface area contributed by atoms with E-state index in [2.05, 4.69) is 96.7 Å². The SMILES string of the molecule is COc1cc(/C=N\NC(=O)CCn2c3ccc(I)cc3c3cc(I)ccc32)ccc1O. The van der Waals surface area contributed by atoms with Gasteiger partial charge in [0, 0.05) is 41.9 Å². The number of nitrogens with zero attached hydrogens (tertiary/aromatic N) is 2. The predicted octanol–water partition coefficient (Wildman–Crippen LogP) is 5.26. The number of rotatable bonds is 6. The molecule has 0 radical (unpaired) electrons. The average molecular weight is 639 g/mol. The molecule has 4 rings (SSSR count). The Hall–Kier alpha value is -2.34. The van der Waals surface area contributed by atoms with Gasteiger partial charge in [-0.3, -0.25) is 4.79 Å². The number of benzene rings is 3. The van der Waals surface area contributed by atoms with Crippen LogP contribution in [-0.4, -0.2) is 28.9 Å². The van der Waals surface area contributed by atoms with Crippen LogP contribution in [0.1, 0.15) is 12.0 Å². The number of phenolic OH excluding ortho intramolecular Hbond substituents is 1. The molecule has 0 aliphatic heterocycles. The van der Waals surface area contributed by atoms with Crippen molar-refractivity contribution in [2.24, 2.45) is 5.10 Å². The van der Waals surface area contributed by atoms with Crippen molar-refractivity contribution in [1.29, 1.82) is 0 Å². The Morgan fingerprint density at radius 3 is 2.32 bits per heavy atom. The highest BCUT2D eigenvalue weighted by Crippen LogP contribution is 2.31. The lowest BCUT2D eigenvalue weighted by Crippen LogP contribution is -2.19. The minimum absolute atomic E-state index is 0.0548. The van der Waals surface area contributed by atoms with Crippen molar-refractivity contribution >= 4 is 79.1 Å².